The van der Waals surface area contributed by atoms with E-state index in [0.717, 1.165) is 90.3 Å². The molecule has 4 heteroatoms. The smallest absolute Gasteiger partial charge is 0.0478 e. The standard InChI is InChI=1S/C38H40Cl4/c1-21-9-13-29(33(39)25(21)5)37(30-14-10-22(2)26(6)34(30)40)17-19-38(20-18-37,31-15-11-23(3)27(7)35(31)41)32-16-12-24(4)28(8)36(32)42/h9-16H,17-20H2,1-8H3. The van der Waals surface area contributed by atoms with Gasteiger partial charge in [-0.25, -0.2) is 0 Å². The Kier molecular flexibility index (Phi) is 8.63. The van der Waals surface area contributed by atoms with Crippen molar-refractivity contribution in [3.63, 3.8) is 0 Å². The van der Waals surface area contributed by atoms with Crippen LogP contribution in [0.3, 0.4) is 0 Å². The summed E-state index contributed by atoms with van der Waals surface area (Å²) in [5, 5.41) is 3.35. The monoisotopic (exact) mass is 636 g/mol. The van der Waals surface area contributed by atoms with Gasteiger partial charge in [-0.3, -0.25) is 0 Å². The fraction of sp³-hybridized carbons (Fsp3) is 0.368. The summed E-state index contributed by atoms with van der Waals surface area (Å²) < 4.78 is 0. The molecule has 5 rings (SSSR count). The van der Waals surface area contributed by atoms with Crippen LogP contribution in [0.15, 0.2) is 48.5 Å². The van der Waals surface area contributed by atoms with Crippen LogP contribution in [0.1, 0.15) is 92.4 Å². The molecule has 0 amide bonds. The van der Waals surface area contributed by atoms with E-state index in [2.05, 4.69) is 104 Å². The predicted molar refractivity (Wildman–Crippen MR) is 184 cm³/mol. The van der Waals surface area contributed by atoms with Crippen molar-refractivity contribution in [1.29, 1.82) is 0 Å². The first-order chi connectivity index (χ1) is 19.8. The molecule has 0 aliphatic heterocycles. The molecule has 1 fully saturated rings. The van der Waals surface area contributed by atoms with Gasteiger partial charge in [-0.2, -0.15) is 0 Å². The van der Waals surface area contributed by atoms with Crippen molar-refractivity contribution >= 4 is 46.4 Å². The predicted octanol–water partition coefficient (Wildman–Crippen LogP) is 12.6. The molecular weight excluding hydrogens is 598 g/mol. The molecule has 0 N–H and O–H groups in total. The van der Waals surface area contributed by atoms with Gasteiger partial charge in [-0.15, -0.1) is 0 Å². The van der Waals surface area contributed by atoms with Crippen LogP contribution in [-0.4, -0.2) is 0 Å². The normalized spacial score (nSPS) is 16.1. The average molecular weight is 639 g/mol. The van der Waals surface area contributed by atoms with Crippen molar-refractivity contribution < 1.29 is 0 Å². The van der Waals surface area contributed by atoms with Gasteiger partial charge in [-0.1, -0.05) is 94.9 Å². The Hall–Kier alpha value is -1.96. The summed E-state index contributed by atoms with van der Waals surface area (Å²) in [5.74, 6) is 0. The lowest BCUT2D eigenvalue weighted by Crippen LogP contribution is -2.42. The first kappa shape index (κ1) is 31.5. The Morgan fingerprint density at radius 3 is 0.738 bits per heavy atom. The fourth-order valence-electron chi connectivity index (χ4n) is 7.08. The van der Waals surface area contributed by atoms with Crippen LogP contribution in [0.5, 0.6) is 0 Å². The first-order valence-electron chi connectivity index (χ1n) is 14.8. The number of halogens is 4. The second-order valence-electron chi connectivity index (χ2n) is 12.6. The molecule has 0 bridgehead atoms. The quantitative estimate of drug-likeness (QED) is 0.209. The highest BCUT2D eigenvalue weighted by Crippen LogP contribution is 2.59. The number of hydrogen-bond donors (Lipinski definition) is 0. The Labute approximate surface area is 272 Å². The zero-order valence-corrected chi connectivity index (χ0v) is 29.0. The summed E-state index contributed by atoms with van der Waals surface area (Å²) in [4.78, 5) is 0. The number of aryl methyl sites for hydroxylation is 4. The lowest BCUT2D eigenvalue weighted by Gasteiger charge is -2.49. The maximum atomic E-state index is 7.24. The summed E-state index contributed by atoms with van der Waals surface area (Å²) >= 11 is 29.0. The molecule has 0 heterocycles. The van der Waals surface area contributed by atoms with Crippen LogP contribution in [0.25, 0.3) is 0 Å². The molecular formula is C38H40Cl4. The van der Waals surface area contributed by atoms with E-state index in [1.807, 2.05) is 0 Å². The fourth-order valence-corrected chi connectivity index (χ4v) is 8.65. The minimum absolute atomic E-state index is 0.354. The van der Waals surface area contributed by atoms with Gasteiger partial charge in [0, 0.05) is 30.9 Å². The van der Waals surface area contributed by atoms with E-state index >= 15 is 0 Å². The zero-order valence-electron chi connectivity index (χ0n) is 26.0. The van der Waals surface area contributed by atoms with E-state index in [0.29, 0.717) is 0 Å². The van der Waals surface area contributed by atoms with Gasteiger partial charge in [0.25, 0.3) is 0 Å². The maximum Gasteiger partial charge on any atom is 0.0478 e. The van der Waals surface area contributed by atoms with Gasteiger partial charge in [0.15, 0.2) is 0 Å². The van der Waals surface area contributed by atoms with E-state index in [1.165, 1.54) is 22.3 Å². The molecule has 1 saturated carbocycles. The van der Waals surface area contributed by atoms with Gasteiger partial charge in [0.1, 0.15) is 0 Å². The largest absolute Gasteiger partial charge is 0.0837 e. The van der Waals surface area contributed by atoms with Crippen LogP contribution < -0.4 is 0 Å². The third-order valence-corrected chi connectivity index (χ3v) is 12.6. The van der Waals surface area contributed by atoms with Crippen molar-refractivity contribution in [3.8, 4) is 0 Å². The molecule has 0 unspecified atom stereocenters. The molecule has 0 saturated heterocycles. The van der Waals surface area contributed by atoms with Gasteiger partial charge in [0.05, 0.1) is 0 Å². The SMILES string of the molecule is Cc1ccc(C2(c3ccc(C)c(C)c3Cl)CCC(c3ccc(C)c(C)c3Cl)(c3ccc(C)c(C)c3Cl)CC2)c(Cl)c1C. The molecule has 0 nitrogen and oxygen atoms in total. The molecule has 1 aliphatic carbocycles. The zero-order chi connectivity index (χ0) is 30.7. The molecule has 4 aromatic rings. The summed E-state index contributed by atoms with van der Waals surface area (Å²) in [6.45, 7) is 17.0. The van der Waals surface area contributed by atoms with Gasteiger partial charge < -0.3 is 0 Å². The number of benzene rings is 4. The third kappa shape index (κ3) is 4.82. The molecule has 4 aromatic carbocycles. The molecule has 1 aliphatic rings. The van der Waals surface area contributed by atoms with Crippen LogP contribution in [-0.2, 0) is 10.8 Å². The minimum Gasteiger partial charge on any atom is -0.0837 e. The number of hydrogen-bond acceptors (Lipinski definition) is 0. The Balaban J connectivity index is 1.78. The van der Waals surface area contributed by atoms with E-state index in [1.54, 1.807) is 0 Å². The van der Waals surface area contributed by atoms with E-state index in [4.69, 9.17) is 46.4 Å². The maximum absolute atomic E-state index is 7.24. The van der Waals surface area contributed by atoms with Crippen LogP contribution in [0.2, 0.25) is 20.1 Å². The average Bonchev–Trinajstić information content (AvgIpc) is 2.97. The molecule has 0 radical (unpaired) electrons. The second kappa shape index (κ2) is 11.5. The lowest BCUT2D eigenvalue weighted by atomic mass is 9.55. The highest BCUT2D eigenvalue weighted by Gasteiger charge is 2.49. The van der Waals surface area contributed by atoms with E-state index in [-0.39, 0.29) is 10.8 Å². The topological polar surface area (TPSA) is 0 Å². The van der Waals surface area contributed by atoms with Crippen molar-refractivity contribution in [2.24, 2.45) is 0 Å². The summed E-state index contributed by atoms with van der Waals surface area (Å²) in [5.41, 5.74) is 13.2. The van der Waals surface area contributed by atoms with Gasteiger partial charge >= 0.3 is 0 Å². The van der Waals surface area contributed by atoms with Crippen LogP contribution >= 0.6 is 46.4 Å². The van der Waals surface area contributed by atoms with E-state index < -0.39 is 0 Å². The van der Waals surface area contributed by atoms with Crippen molar-refractivity contribution in [2.45, 2.75) is 91.9 Å². The molecule has 0 spiro atoms. The summed E-state index contributed by atoms with van der Waals surface area (Å²) in [7, 11) is 0. The first-order valence-corrected chi connectivity index (χ1v) is 16.3. The van der Waals surface area contributed by atoms with Crippen molar-refractivity contribution in [2.75, 3.05) is 0 Å². The molecule has 0 atom stereocenters. The highest BCUT2D eigenvalue weighted by atomic mass is 35.5. The third-order valence-electron chi connectivity index (χ3n) is 10.6. The van der Waals surface area contributed by atoms with E-state index in [9.17, 15) is 0 Å². The Morgan fingerprint density at radius 1 is 0.357 bits per heavy atom. The molecule has 220 valence electrons. The number of rotatable bonds is 4. The summed E-state index contributed by atoms with van der Waals surface area (Å²) in [6, 6.07) is 17.7. The molecule has 42 heavy (non-hydrogen) atoms. The molecule has 0 aromatic heterocycles. The van der Waals surface area contributed by atoms with Crippen LogP contribution in [0.4, 0.5) is 0 Å². The summed E-state index contributed by atoms with van der Waals surface area (Å²) in [6.07, 6.45) is 3.40. The minimum atomic E-state index is -0.354. The van der Waals surface area contributed by atoms with Gasteiger partial charge in [0.2, 0.25) is 0 Å². The van der Waals surface area contributed by atoms with Gasteiger partial charge in [-0.05, 0) is 148 Å². The van der Waals surface area contributed by atoms with Crippen molar-refractivity contribution in [3.05, 3.63) is 135 Å². The van der Waals surface area contributed by atoms with Crippen LogP contribution in [0, 0.1) is 55.4 Å². The Bertz CT molecular complexity index is 1460. The second-order valence-corrected chi connectivity index (χ2v) is 14.2. The van der Waals surface area contributed by atoms with Crippen molar-refractivity contribution in [1.82, 2.24) is 0 Å². The highest BCUT2D eigenvalue weighted by molar-refractivity contribution is 6.34. The Morgan fingerprint density at radius 2 is 0.548 bits per heavy atom. The lowest BCUT2D eigenvalue weighted by molar-refractivity contribution is 0.257.